The molecule has 0 aliphatic carbocycles. The van der Waals surface area contributed by atoms with Gasteiger partial charge >= 0.3 is 7.82 Å². The largest absolute Gasteiger partial charge is 0.476 e. The molecule has 7 nitrogen and oxygen atoms in total. The van der Waals surface area contributed by atoms with Crippen molar-refractivity contribution in [2.45, 2.75) is 31.9 Å². The first kappa shape index (κ1) is 19.0. The van der Waals surface area contributed by atoms with Crippen LogP contribution in [0.3, 0.4) is 0 Å². The molecule has 0 bridgehead atoms. The quantitative estimate of drug-likeness (QED) is 0.224. The molecule has 0 aliphatic heterocycles. The van der Waals surface area contributed by atoms with Crippen molar-refractivity contribution in [3.63, 3.8) is 0 Å². The van der Waals surface area contributed by atoms with Crippen LogP contribution in [-0.4, -0.2) is 61.6 Å². The van der Waals surface area contributed by atoms with Crippen LogP contribution in [0, 0.1) is 0 Å². The van der Waals surface area contributed by atoms with Crippen molar-refractivity contribution in [1.82, 2.24) is 0 Å². The molecule has 19 heavy (non-hydrogen) atoms. The minimum absolute atomic E-state index is 0.160. The number of phosphoric ester groups is 1. The van der Waals surface area contributed by atoms with Gasteiger partial charge in [0.1, 0.15) is 6.61 Å². The Balaban J connectivity index is 4.00. The minimum atomic E-state index is -4.12. The average Bonchev–Trinajstić information content (AvgIpc) is 2.29. The number of nitrogens with two attached hydrogens (primary N) is 1. The van der Waals surface area contributed by atoms with E-state index in [-0.39, 0.29) is 17.7 Å². The van der Waals surface area contributed by atoms with Gasteiger partial charge in [-0.05, 0) is 19.4 Å². The van der Waals surface area contributed by atoms with E-state index in [1.54, 1.807) is 21.1 Å². The monoisotopic (exact) mass is 299 g/mol. The van der Waals surface area contributed by atoms with Crippen LogP contribution < -0.4 is 5.73 Å². The van der Waals surface area contributed by atoms with E-state index < -0.39 is 14.1 Å². The van der Waals surface area contributed by atoms with Crippen molar-refractivity contribution in [2.24, 2.45) is 5.73 Å². The van der Waals surface area contributed by atoms with E-state index in [2.05, 4.69) is 0 Å². The van der Waals surface area contributed by atoms with Gasteiger partial charge in [0.25, 0.3) is 0 Å². The molecule has 2 unspecified atom stereocenters. The van der Waals surface area contributed by atoms with Crippen LogP contribution in [0.4, 0.5) is 0 Å². The maximum absolute atomic E-state index is 11.7. The number of unbranched alkanes of at least 4 members (excludes halogenated alkanes) is 3. The molecule has 0 aromatic rings. The third-order valence-electron chi connectivity index (χ3n) is 2.63. The average molecular weight is 299 g/mol. The van der Waals surface area contributed by atoms with E-state index in [1.807, 2.05) is 0 Å². The van der Waals surface area contributed by atoms with Gasteiger partial charge in [0, 0.05) is 0 Å². The van der Waals surface area contributed by atoms with Gasteiger partial charge in [-0.3, -0.25) is 4.52 Å². The summed E-state index contributed by atoms with van der Waals surface area (Å²) < 4.78 is 21.7. The Morgan fingerprint density at radius 3 is 2.26 bits per heavy atom. The van der Waals surface area contributed by atoms with Crippen molar-refractivity contribution in [3.8, 4) is 0 Å². The Labute approximate surface area is 115 Å². The second kappa shape index (κ2) is 9.02. The Bertz CT molecular complexity index is 283. The van der Waals surface area contributed by atoms with Crippen molar-refractivity contribution in [3.05, 3.63) is 0 Å². The number of phosphoric acid groups is 1. The standard InChI is InChI=1S/C11H27N2O5P/c1-13(2,3)11(10-14)18-19(15,16)17-9-7-5-4-6-8-12/h11,14H,4-10,12H2,1-3H3/p+1. The molecule has 0 aliphatic rings. The van der Waals surface area contributed by atoms with Gasteiger partial charge in [0.05, 0.1) is 27.7 Å². The summed E-state index contributed by atoms with van der Waals surface area (Å²) in [5, 5.41) is 9.15. The number of hydrogen-bond donors (Lipinski definition) is 3. The number of aliphatic hydroxyl groups excluding tert-OH is 1. The predicted octanol–water partition coefficient (Wildman–Crippen LogP) is 0.664. The fourth-order valence-corrected chi connectivity index (χ4v) is 2.46. The summed E-state index contributed by atoms with van der Waals surface area (Å²) in [6.07, 6.45) is 2.71. The van der Waals surface area contributed by atoms with E-state index in [1.165, 1.54) is 0 Å². The van der Waals surface area contributed by atoms with Gasteiger partial charge in [0.2, 0.25) is 6.23 Å². The van der Waals surface area contributed by atoms with Crippen LogP contribution in [0.25, 0.3) is 0 Å². The molecule has 0 spiro atoms. The minimum Gasteiger partial charge on any atom is -0.387 e. The normalized spacial score (nSPS) is 17.2. The molecule has 0 saturated heterocycles. The highest BCUT2D eigenvalue weighted by molar-refractivity contribution is 7.47. The zero-order valence-electron chi connectivity index (χ0n) is 12.1. The van der Waals surface area contributed by atoms with Crippen LogP contribution in [0.2, 0.25) is 0 Å². The van der Waals surface area contributed by atoms with Gasteiger partial charge in [-0.25, -0.2) is 9.09 Å². The first-order valence-corrected chi connectivity index (χ1v) is 8.00. The smallest absolute Gasteiger partial charge is 0.387 e. The summed E-state index contributed by atoms with van der Waals surface area (Å²) in [4.78, 5) is 9.55. The third kappa shape index (κ3) is 9.51. The summed E-state index contributed by atoms with van der Waals surface area (Å²) >= 11 is 0. The van der Waals surface area contributed by atoms with Crippen LogP contribution >= 0.6 is 7.82 Å². The molecule has 4 N–H and O–H groups in total. The molecule has 116 valence electrons. The molecule has 0 aromatic heterocycles. The summed E-state index contributed by atoms with van der Waals surface area (Å²) in [7, 11) is 1.16. The summed E-state index contributed by atoms with van der Waals surface area (Å²) in [5.41, 5.74) is 5.36. The number of aliphatic hydroxyl groups is 1. The summed E-state index contributed by atoms with van der Waals surface area (Å²) in [5.74, 6) is 0. The molecule has 0 aromatic carbocycles. The Hall–Kier alpha value is -0.0100. The highest BCUT2D eigenvalue weighted by Crippen LogP contribution is 2.45. The van der Waals surface area contributed by atoms with Gasteiger partial charge in [-0.15, -0.1) is 0 Å². The fourth-order valence-electron chi connectivity index (χ4n) is 1.38. The van der Waals surface area contributed by atoms with E-state index in [0.717, 1.165) is 19.3 Å². The van der Waals surface area contributed by atoms with Crippen LogP contribution in [0.1, 0.15) is 25.7 Å². The van der Waals surface area contributed by atoms with Gasteiger partial charge < -0.3 is 20.2 Å². The first-order valence-electron chi connectivity index (χ1n) is 6.50. The maximum Gasteiger partial charge on any atom is 0.476 e. The van der Waals surface area contributed by atoms with Crippen molar-refractivity contribution >= 4 is 7.82 Å². The van der Waals surface area contributed by atoms with E-state index in [4.69, 9.17) is 19.9 Å². The SMILES string of the molecule is C[N+](C)(C)C(CO)OP(=O)(O)OCCCCCCN. The molecule has 0 amide bonds. The number of likely N-dealkylation sites (N-methyl/N-ethyl adjacent to an activating group) is 1. The number of hydrogen-bond acceptors (Lipinski definition) is 5. The predicted molar refractivity (Wildman–Crippen MR) is 73.3 cm³/mol. The number of rotatable bonds is 11. The van der Waals surface area contributed by atoms with Crippen molar-refractivity contribution in [2.75, 3.05) is 40.9 Å². The van der Waals surface area contributed by atoms with Crippen LogP contribution in [0.15, 0.2) is 0 Å². The lowest BCUT2D eigenvalue weighted by atomic mass is 10.2. The first-order chi connectivity index (χ1) is 8.73. The molecule has 0 heterocycles. The van der Waals surface area contributed by atoms with E-state index in [0.29, 0.717) is 13.0 Å². The molecule has 0 fully saturated rings. The third-order valence-corrected chi connectivity index (χ3v) is 3.65. The lowest BCUT2D eigenvalue weighted by Gasteiger charge is -2.32. The summed E-state index contributed by atoms with van der Waals surface area (Å²) in [6, 6.07) is 0. The molecule has 2 atom stereocenters. The molecule has 8 heteroatoms. The molecular weight excluding hydrogens is 271 g/mol. The number of nitrogens with zero attached hydrogens (tertiary/aromatic N) is 1. The fraction of sp³-hybridized carbons (Fsp3) is 1.00. The molecule has 0 rings (SSSR count). The van der Waals surface area contributed by atoms with Crippen molar-refractivity contribution < 1.29 is 28.1 Å². The van der Waals surface area contributed by atoms with Gasteiger partial charge in [-0.1, -0.05) is 12.8 Å². The summed E-state index contributed by atoms with van der Waals surface area (Å²) in [6.45, 7) is 0.464. The Morgan fingerprint density at radius 2 is 1.79 bits per heavy atom. The topological polar surface area (TPSA) is 102 Å². The zero-order chi connectivity index (χ0) is 14.9. The molecular formula is C11H28N2O5P+. The Kier molecular flexibility index (Phi) is 9.02. The molecule has 0 saturated carbocycles. The Morgan fingerprint density at radius 1 is 1.21 bits per heavy atom. The van der Waals surface area contributed by atoms with E-state index >= 15 is 0 Å². The lowest BCUT2D eigenvalue weighted by molar-refractivity contribution is -0.916. The highest BCUT2D eigenvalue weighted by Gasteiger charge is 2.33. The van der Waals surface area contributed by atoms with Crippen LogP contribution in [0.5, 0.6) is 0 Å². The number of quaternary nitrogens is 1. The highest BCUT2D eigenvalue weighted by atomic mass is 31.2. The second-order valence-corrected chi connectivity index (χ2v) is 6.77. The van der Waals surface area contributed by atoms with Gasteiger partial charge in [0.15, 0.2) is 0 Å². The van der Waals surface area contributed by atoms with Gasteiger partial charge in [-0.2, -0.15) is 0 Å². The second-order valence-electron chi connectivity index (χ2n) is 5.36. The zero-order valence-corrected chi connectivity index (χ0v) is 13.0. The van der Waals surface area contributed by atoms with Crippen LogP contribution in [-0.2, 0) is 13.6 Å². The lowest BCUT2D eigenvalue weighted by Crippen LogP contribution is -2.48. The van der Waals surface area contributed by atoms with E-state index in [9.17, 15) is 9.46 Å². The maximum atomic E-state index is 11.7. The molecule has 0 radical (unpaired) electrons. The van der Waals surface area contributed by atoms with Crippen molar-refractivity contribution in [1.29, 1.82) is 0 Å².